The SMILES string of the molecule is CCC(F)(F)CNC(=O)c1cc(C)on1. The van der Waals surface area contributed by atoms with Crippen LogP contribution in [0.3, 0.4) is 0 Å². The number of carbonyl (C=O) groups is 1. The van der Waals surface area contributed by atoms with Gasteiger partial charge in [-0.3, -0.25) is 4.79 Å². The fourth-order valence-corrected chi connectivity index (χ4v) is 0.899. The van der Waals surface area contributed by atoms with Crippen molar-refractivity contribution in [3.8, 4) is 0 Å². The van der Waals surface area contributed by atoms with Gasteiger partial charge in [0.2, 0.25) is 0 Å². The van der Waals surface area contributed by atoms with Crippen LogP contribution in [0.2, 0.25) is 0 Å². The molecule has 0 unspecified atom stereocenters. The van der Waals surface area contributed by atoms with E-state index >= 15 is 0 Å². The van der Waals surface area contributed by atoms with Crippen molar-refractivity contribution in [1.29, 1.82) is 0 Å². The quantitative estimate of drug-likeness (QED) is 0.837. The van der Waals surface area contributed by atoms with Crippen molar-refractivity contribution in [1.82, 2.24) is 10.5 Å². The van der Waals surface area contributed by atoms with Gasteiger partial charge in [-0.1, -0.05) is 12.1 Å². The number of aryl methyl sites for hydroxylation is 1. The number of amides is 1. The van der Waals surface area contributed by atoms with E-state index in [1.165, 1.54) is 13.0 Å². The summed E-state index contributed by atoms with van der Waals surface area (Å²) in [6.45, 7) is 2.28. The molecule has 0 saturated heterocycles. The Balaban J connectivity index is 2.50. The Morgan fingerprint density at radius 3 is 2.80 bits per heavy atom. The van der Waals surface area contributed by atoms with Crippen molar-refractivity contribution in [3.05, 3.63) is 17.5 Å². The molecule has 1 N–H and O–H groups in total. The third-order valence-electron chi connectivity index (χ3n) is 1.89. The molecule has 0 spiro atoms. The second-order valence-electron chi connectivity index (χ2n) is 3.21. The van der Waals surface area contributed by atoms with Crippen LogP contribution in [-0.4, -0.2) is 23.5 Å². The summed E-state index contributed by atoms with van der Waals surface area (Å²) >= 11 is 0. The Morgan fingerprint density at radius 2 is 2.33 bits per heavy atom. The maximum Gasteiger partial charge on any atom is 0.273 e. The first-order valence-corrected chi connectivity index (χ1v) is 4.54. The highest BCUT2D eigenvalue weighted by Crippen LogP contribution is 2.16. The van der Waals surface area contributed by atoms with Crippen LogP contribution in [-0.2, 0) is 0 Å². The minimum absolute atomic E-state index is 0.0133. The molecule has 0 aromatic carbocycles. The molecule has 0 radical (unpaired) electrons. The molecule has 0 fully saturated rings. The van der Waals surface area contributed by atoms with Crippen LogP contribution in [0.4, 0.5) is 8.78 Å². The second kappa shape index (κ2) is 4.37. The fourth-order valence-electron chi connectivity index (χ4n) is 0.899. The van der Waals surface area contributed by atoms with Gasteiger partial charge in [0.15, 0.2) is 5.69 Å². The molecule has 15 heavy (non-hydrogen) atoms. The van der Waals surface area contributed by atoms with Crippen LogP contribution in [0.25, 0.3) is 0 Å². The average Bonchev–Trinajstić information content (AvgIpc) is 2.61. The molecule has 1 aromatic heterocycles. The first-order chi connectivity index (χ1) is 6.94. The highest BCUT2D eigenvalue weighted by atomic mass is 19.3. The van der Waals surface area contributed by atoms with E-state index in [0.717, 1.165) is 0 Å². The first-order valence-electron chi connectivity index (χ1n) is 4.54. The van der Waals surface area contributed by atoms with Crippen molar-refractivity contribution in [2.75, 3.05) is 6.54 Å². The summed E-state index contributed by atoms with van der Waals surface area (Å²) in [5, 5.41) is 5.50. The van der Waals surface area contributed by atoms with Crippen molar-refractivity contribution in [2.24, 2.45) is 0 Å². The number of nitrogens with zero attached hydrogens (tertiary/aromatic N) is 1. The normalized spacial score (nSPS) is 11.5. The largest absolute Gasteiger partial charge is 0.361 e. The maximum atomic E-state index is 12.8. The van der Waals surface area contributed by atoms with E-state index in [9.17, 15) is 13.6 Å². The molecule has 1 amide bonds. The van der Waals surface area contributed by atoms with E-state index in [4.69, 9.17) is 0 Å². The number of hydrogen-bond donors (Lipinski definition) is 1. The Kier molecular flexibility index (Phi) is 3.39. The summed E-state index contributed by atoms with van der Waals surface area (Å²) in [7, 11) is 0. The molecule has 6 heteroatoms. The fraction of sp³-hybridized carbons (Fsp3) is 0.556. The van der Waals surface area contributed by atoms with Crippen molar-refractivity contribution in [3.63, 3.8) is 0 Å². The van der Waals surface area contributed by atoms with Gasteiger partial charge in [0, 0.05) is 12.5 Å². The molecule has 0 aliphatic heterocycles. The van der Waals surface area contributed by atoms with Gasteiger partial charge in [0.05, 0.1) is 6.54 Å². The van der Waals surface area contributed by atoms with Gasteiger partial charge in [-0.15, -0.1) is 0 Å². The minimum atomic E-state index is -2.88. The number of hydrogen-bond acceptors (Lipinski definition) is 3. The Bertz CT molecular complexity index is 350. The molecule has 0 saturated carbocycles. The third-order valence-corrected chi connectivity index (χ3v) is 1.89. The number of nitrogens with one attached hydrogen (secondary N) is 1. The molecular weight excluding hydrogens is 206 g/mol. The van der Waals surface area contributed by atoms with Crippen molar-refractivity contribution in [2.45, 2.75) is 26.2 Å². The zero-order valence-electron chi connectivity index (χ0n) is 8.51. The van der Waals surface area contributed by atoms with E-state index in [-0.39, 0.29) is 12.1 Å². The Hall–Kier alpha value is -1.46. The highest BCUT2D eigenvalue weighted by Gasteiger charge is 2.27. The monoisotopic (exact) mass is 218 g/mol. The van der Waals surface area contributed by atoms with Crippen LogP contribution in [0.5, 0.6) is 0 Å². The summed E-state index contributed by atoms with van der Waals surface area (Å²) in [6, 6.07) is 1.39. The summed E-state index contributed by atoms with van der Waals surface area (Å²) in [6.07, 6.45) is -0.314. The average molecular weight is 218 g/mol. The minimum Gasteiger partial charge on any atom is -0.361 e. The Morgan fingerprint density at radius 1 is 1.67 bits per heavy atom. The molecule has 1 heterocycles. The highest BCUT2D eigenvalue weighted by molar-refractivity contribution is 5.92. The number of alkyl halides is 2. The van der Waals surface area contributed by atoms with E-state index in [0.29, 0.717) is 5.76 Å². The number of aromatic nitrogens is 1. The van der Waals surface area contributed by atoms with Crippen LogP contribution < -0.4 is 5.32 Å². The van der Waals surface area contributed by atoms with Gasteiger partial charge < -0.3 is 9.84 Å². The number of rotatable bonds is 4. The summed E-state index contributed by atoms with van der Waals surface area (Å²) < 4.78 is 30.2. The molecule has 0 bridgehead atoms. The number of carbonyl (C=O) groups excluding carboxylic acids is 1. The predicted molar refractivity (Wildman–Crippen MR) is 48.8 cm³/mol. The van der Waals surface area contributed by atoms with Crippen molar-refractivity contribution < 1.29 is 18.1 Å². The summed E-state index contributed by atoms with van der Waals surface area (Å²) in [5.74, 6) is -3.07. The lowest BCUT2D eigenvalue weighted by Crippen LogP contribution is -2.36. The summed E-state index contributed by atoms with van der Waals surface area (Å²) in [4.78, 5) is 11.3. The van der Waals surface area contributed by atoms with E-state index in [1.54, 1.807) is 6.92 Å². The lowest BCUT2D eigenvalue weighted by Gasteiger charge is -2.13. The molecular formula is C9H12F2N2O2. The predicted octanol–water partition coefficient (Wildman–Crippen LogP) is 1.76. The van der Waals surface area contributed by atoms with Gasteiger partial charge in [-0.05, 0) is 6.92 Å². The smallest absolute Gasteiger partial charge is 0.273 e. The third kappa shape index (κ3) is 3.30. The summed E-state index contributed by atoms with van der Waals surface area (Å²) in [5.41, 5.74) is 0.0133. The van der Waals surface area contributed by atoms with E-state index in [2.05, 4.69) is 15.0 Å². The van der Waals surface area contributed by atoms with Gasteiger partial charge in [-0.2, -0.15) is 0 Å². The van der Waals surface area contributed by atoms with E-state index in [1.807, 2.05) is 0 Å². The standard InChI is InChI=1S/C9H12F2N2O2/c1-3-9(10,11)5-12-8(14)7-4-6(2)15-13-7/h4H,3,5H2,1-2H3,(H,12,14). The van der Waals surface area contributed by atoms with E-state index < -0.39 is 18.4 Å². The zero-order chi connectivity index (χ0) is 11.5. The van der Waals surface area contributed by atoms with Gasteiger partial charge >= 0.3 is 0 Å². The van der Waals surface area contributed by atoms with Crippen LogP contribution in [0, 0.1) is 6.92 Å². The first kappa shape index (κ1) is 11.6. The van der Waals surface area contributed by atoms with Gasteiger partial charge in [0.25, 0.3) is 11.8 Å². The topological polar surface area (TPSA) is 55.1 Å². The van der Waals surface area contributed by atoms with Crippen LogP contribution in [0.15, 0.2) is 10.6 Å². The van der Waals surface area contributed by atoms with Gasteiger partial charge in [-0.25, -0.2) is 8.78 Å². The molecule has 1 aromatic rings. The lowest BCUT2D eigenvalue weighted by atomic mass is 10.2. The lowest BCUT2D eigenvalue weighted by molar-refractivity contribution is -0.00109. The number of halogens is 2. The molecule has 0 aliphatic carbocycles. The Labute approximate surface area is 85.6 Å². The van der Waals surface area contributed by atoms with Crippen molar-refractivity contribution >= 4 is 5.91 Å². The van der Waals surface area contributed by atoms with Crippen LogP contribution >= 0.6 is 0 Å². The molecule has 84 valence electrons. The van der Waals surface area contributed by atoms with Gasteiger partial charge in [0.1, 0.15) is 5.76 Å². The molecule has 4 nitrogen and oxygen atoms in total. The second-order valence-corrected chi connectivity index (χ2v) is 3.21. The molecule has 0 atom stereocenters. The zero-order valence-corrected chi connectivity index (χ0v) is 8.51. The maximum absolute atomic E-state index is 12.8. The molecule has 0 aliphatic rings. The molecule has 1 rings (SSSR count). The van der Waals surface area contributed by atoms with Crippen LogP contribution in [0.1, 0.15) is 29.6 Å².